The predicted octanol–water partition coefficient (Wildman–Crippen LogP) is 1.91. The van der Waals surface area contributed by atoms with Gasteiger partial charge in [-0.15, -0.1) is 11.3 Å². The van der Waals surface area contributed by atoms with E-state index in [1.807, 2.05) is 5.51 Å². The molecule has 1 aromatic heterocycles. The SMILES string of the molecule is CC(C)C1(CNCCc2cscn2)CCNC1. The highest BCUT2D eigenvalue weighted by molar-refractivity contribution is 7.07. The maximum Gasteiger partial charge on any atom is 0.0794 e. The highest BCUT2D eigenvalue weighted by atomic mass is 32.1. The Balaban J connectivity index is 1.73. The highest BCUT2D eigenvalue weighted by Gasteiger charge is 2.36. The Morgan fingerprint density at radius 2 is 2.47 bits per heavy atom. The number of thiazole rings is 1. The van der Waals surface area contributed by atoms with Crippen LogP contribution in [0.3, 0.4) is 0 Å². The van der Waals surface area contributed by atoms with Gasteiger partial charge in [-0.25, -0.2) is 4.98 Å². The summed E-state index contributed by atoms with van der Waals surface area (Å²) in [6.07, 6.45) is 2.35. The molecular formula is C13H23N3S. The molecule has 2 rings (SSSR count). The van der Waals surface area contributed by atoms with Gasteiger partial charge in [0, 0.05) is 31.4 Å². The first-order valence-electron chi connectivity index (χ1n) is 6.51. The van der Waals surface area contributed by atoms with Crippen molar-refractivity contribution in [2.45, 2.75) is 26.7 Å². The van der Waals surface area contributed by atoms with Gasteiger partial charge in [-0.05, 0) is 24.3 Å². The fourth-order valence-electron chi connectivity index (χ4n) is 2.53. The number of rotatable bonds is 6. The third-order valence-electron chi connectivity index (χ3n) is 4.02. The van der Waals surface area contributed by atoms with Crippen molar-refractivity contribution >= 4 is 11.3 Å². The van der Waals surface area contributed by atoms with Crippen LogP contribution < -0.4 is 10.6 Å². The maximum absolute atomic E-state index is 4.30. The van der Waals surface area contributed by atoms with Crippen LogP contribution in [0.15, 0.2) is 10.9 Å². The Hall–Kier alpha value is -0.450. The quantitative estimate of drug-likeness (QED) is 0.761. The van der Waals surface area contributed by atoms with Gasteiger partial charge in [0.15, 0.2) is 0 Å². The van der Waals surface area contributed by atoms with Gasteiger partial charge in [0.05, 0.1) is 11.2 Å². The summed E-state index contributed by atoms with van der Waals surface area (Å²) in [6.45, 7) is 9.19. The van der Waals surface area contributed by atoms with Crippen LogP contribution in [-0.2, 0) is 6.42 Å². The lowest BCUT2D eigenvalue weighted by Crippen LogP contribution is -2.40. The van der Waals surface area contributed by atoms with Crippen LogP contribution in [0.4, 0.5) is 0 Å². The van der Waals surface area contributed by atoms with E-state index in [1.165, 1.54) is 18.7 Å². The Labute approximate surface area is 108 Å². The van der Waals surface area contributed by atoms with Gasteiger partial charge < -0.3 is 10.6 Å². The summed E-state index contributed by atoms with van der Waals surface area (Å²) in [4.78, 5) is 4.30. The van der Waals surface area contributed by atoms with Crippen molar-refractivity contribution in [1.29, 1.82) is 0 Å². The van der Waals surface area contributed by atoms with Crippen molar-refractivity contribution < 1.29 is 0 Å². The van der Waals surface area contributed by atoms with E-state index in [2.05, 4.69) is 34.8 Å². The molecule has 0 radical (unpaired) electrons. The highest BCUT2D eigenvalue weighted by Crippen LogP contribution is 2.33. The smallest absolute Gasteiger partial charge is 0.0794 e. The van der Waals surface area contributed by atoms with Crippen molar-refractivity contribution in [1.82, 2.24) is 15.6 Å². The first-order chi connectivity index (χ1) is 8.23. The minimum atomic E-state index is 0.460. The molecule has 17 heavy (non-hydrogen) atoms. The van der Waals surface area contributed by atoms with E-state index in [-0.39, 0.29) is 0 Å². The van der Waals surface area contributed by atoms with Crippen LogP contribution >= 0.6 is 11.3 Å². The monoisotopic (exact) mass is 253 g/mol. The molecule has 0 aliphatic carbocycles. The molecule has 0 amide bonds. The second-order valence-electron chi connectivity index (χ2n) is 5.35. The molecule has 2 heterocycles. The van der Waals surface area contributed by atoms with E-state index in [0.29, 0.717) is 5.41 Å². The lowest BCUT2D eigenvalue weighted by molar-refractivity contribution is 0.209. The summed E-state index contributed by atoms with van der Waals surface area (Å²) < 4.78 is 0. The van der Waals surface area contributed by atoms with Gasteiger partial charge in [0.25, 0.3) is 0 Å². The lowest BCUT2D eigenvalue weighted by atomic mass is 9.76. The third-order valence-corrected chi connectivity index (χ3v) is 4.66. The molecule has 1 saturated heterocycles. The average molecular weight is 253 g/mol. The second kappa shape index (κ2) is 5.94. The Kier molecular flexibility index (Phi) is 4.54. The summed E-state index contributed by atoms with van der Waals surface area (Å²) in [6, 6.07) is 0. The molecule has 1 atom stereocenters. The summed E-state index contributed by atoms with van der Waals surface area (Å²) in [5.74, 6) is 0.740. The largest absolute Gasteiger partial charge is 0.316 e. The molecule has 1 aliphatic rings. The molecule has 1 aromatic rings. The number of nitrogens with zero attached hydrogens (tertiary/aromatic N) is 1. The van der Waals surface area contributed by atoms with Crippen LogP contribution in [0.5, 0.6) is 0 Å². The fourth-order valence-corrected chi connectivity index (χ4v) is 3.12. The van der Waals surface area contributed by atoms with E-state index >= 15 is 0 Å². The Bertz CT molecular complexity index is 315. The van der Waals surface area contributed by atoms with Gasteiger partial charge in [0.2, 0.25) is 0 Å². The summed E-state index contributed by atoms with van der Waals surface area (Å²) in [5, 5.41) is 9.25. The molecule has 1 fully saturated rings. The van der Waals surface area contributed by atoms with Crippen LogP contribution in [0.1, 0.15) is 26.0 Å². The topological polar surface area (TPSA) is 37.0 Å². The molecule has 0 spiro atoms. The van der Waals surface area contributed by atoms with Gasteiger partial charge >= 0.3 is 0 Å². The molecule has 2 N–H and O–H groups in total. The molecule has 96 valence electrons. The van der Waals surface area contributed by atoms with Crippen molar-refractivity contribution in [2.24, 2.45) is 11.3 Å². The predicted molar refractivity (Wildman–Crippen MR) is 73.4 cm³/mol. The van der Waals surface area contributed by atoms with Crippen molar-refractivity contribution in [2.75, 3.05) is 26.2 Å². The van der Waals surface area contributed by atoms with Crippen LogP contribution in [0, 0.1) is 11.3 Å². The zero-order valence-electron chi connectivity index (χ0n) is 10.8. The van der Waals surface area contributed by atoms with Gasteiger partial charge in [-0.1, -0.05) is 13.8 Å². The molecular weight excluding hydrogens is 230 g/mol. The molecule has 3 nitrogen and oxygen atoms in total. The first kappa shape index (κ1) is 13.0. The summed E-state index contributed by atoms with van der Waals surface area (Å²) in [7, 11) is 0. The minimum absolute atomic E-state index is 0.460. The summed E-state index contributed by atoms with van der Waals surface area (Å²) in [5.41, 5.74) is 3.58. The number of nitrogens with one attached hydrogen (secondary N) is 2. The van der Waals surface area contributed by atoms with Gasteiger partial charge in [0.1, 0.15) is 0 Å². The first-order valence-corrected chi connectivity index (χ1v) is 7.46. The van der Waals surface area contributed by atoms with Crippen molar-refractivity contribution in [3.05, 3.63) is 16.6 Å². The Morgan fingerprint density at radius 1 is 1.59 bits per heavy atom. The van der Waals surface area contributed by atoms with E-state index in [0.717, 1.165) is 32.0 Å². The van der Waals surface area contributed by atoms with E-state index in [4.69, 9.17) is 0 Å². The molecule has 0 bridgehead atoms. The van der Waals surface area contributed by atoms with Crippen molar-refractivity contribution in [3.8, 4) is 0 Å². The third kappa shape index (κ3) is 3.27. The second-order valence-corrected chi connectivity index (χ2v) is 6.07. The lowest BCUT2D eigenvalue weighted by Gasteiger charge is -2.33. The maximum atomic E-state index is 4.30. The van der Waals surface area contributed by atoms with E-state index in [1.54, 1.807) is 11.3 Å². The van der Waals surface area contributed by atoms with Gasteiger partial charge in [-0.3, -0.25) is 0 Å². The normalized spacial score (nSPS) is 24.6. The molecule has 4 heteroatoms. The standard InChI is InChI=1S/C13H23N3S/c1-11(2)13(4-6-15-9-13)8-14-5-3-12-7-17-10-16-12/h7,10-11,14-15H,3-6,8-9H2,1-2H3. The molecule has 0 saturated carbocycles. The van der Waals surface area contributed by atoms with Crippen LogP contribution in [0.2, 0.25) is 0 Å². The zero-order valence-corrected chi connectivity index (χ0v) is 11.6. The molecule has 1 unspecified atom stereocenters. The summed E-state index contributed by atoms with van der Waals surface area (Å²) >= 11 is 1.68. The number of aromatic nitrogens is 1. The van der Waals surface area contributed by atoms with Crippen LogP contribution in [0.25, 0.3) is 0 Å². The Morgan fingerprint density at radius 3 is 3.06 bits per heavy atom. The van der Waals surface area contributed by atoms with E-state index < -0.39 is 0 Å². The number of hydrogen-bond donors (Lipinski definition) is 2. The fraction of sp³-hybridized carbons (Fsp3) is 0.769. The van der Waals surface area contributed by atoms with Crippen LogP contribution in [-0.4, -0.2) is 31.2 Å². The molecule has 1 aliphatic heterocycles. The number of hydrogen-bond acceptors (Lipinski definition) is 4. The minimum Gasteiger partial charge on any atom is -0.316 e. The van der Waals surface area contributed by atoms with Gasteiger partial charge in [-0.2, -0.15) is 0 Å². The zero-order chi connectivity index (χ0) is 12.1. The molecule has 0 aromatic carbocycles. The van der Waals surface area contributed by atoms with E-state index in [9.17, 15) is 0 Å². The van der Waals surface area contributed by atoms with Crippen molar-refractivity contribution in [3.63, 3.8) is 0 Å². The average Bonchev–Trinajstić information content (AvgIpc) is 2.96.